The van der Waals surface area contributed by atoms with E-state index in [2.05, 4.69) is 57.1 Å². The fourth-order valence-electron chi connectivity index (χ4n) is 2.68. The Kier molecular flexibility index (Phi) is 3.93. The average molecular weight is 346 g/mol. The predicted molar refractivity (Wildman–Crippen MR) is 107 cm³/mol. The highest BCUT2D eigenvalue weighted by atomic mass is 32.1. The molecule has 5 heteroatoms. The highest BCUT2D eigenvalue weighted by Crippen LogP contribution is 2.27. The van der Waals surface area contributed by atoms with Gasteiger partial charge in [0.1, 0.15) is 5.01 Å². The predicted octanol–water partition coefficient (Wildman–Crippen LogP) is 4.87. The van der Waals surface area contributed by atoms with Crippen molar-refractivity contribution in [2.45, 2.75) is 6.92 Å². The van der Waals surface area contributed by atoms with Crippen molar-refractivity contribution in [3.63, 3.8) is 0 Å². The van der Waals surface area contributed by atoms with Crippen molar-refractivity contribution in [2.75, 3.05) is 19.0 Å². The summed E-state index contributed by atoms with van der Waals surface area (Å²) in [7, 11) is 4.09. The van der Waals surface area contributed by atoms with Crippen LogP contribution in [0.4, 0.5) is 5.69 Å². The van der Waals surface area contributed by atoms with Gasteiger partial charge in [-0.1, -0.05) is 35.6 Å². The molecule has 0 aliphatic rings. The van der Waals surface area contributed by atoms with E-state index in [1.807, 2.05) is 38.4 Å². The lowest BCUT2D eigenvalue weighted by Gasteiger charge is -2.11. The first-order chi connectivity index (χ1) is 12.1. The second-order valence-electron chi connectivity index (χ2n) is 6.17. The number of fused-ring (bicyclic) bond motifs is 2. The highest BCUT2D eigenvalue weighted by molar-refractivity contribution is 7.19. The first kappa shape index (κ1) is 15.7. The number of rotatable bonds is 3. The molecule has 2 aromatic carbocycles. The van der Waals surface area contributed by atoms with Gasteiger partial charge >= 0.3 is 0 Å². The zero-order chi connectivity index (χ0) is 17.4. The molecule has 0 unspecified atom stereocenters. The maximum atomic E-state index is 4.68. The summed E-state index contributed by atoms with van der Waals surface area (Å²) in [6, 6.07) is 16.4. The third kappa shape index (κ3) is 3.10. The molecule has 2 heterocycles. The van der Waals surface area contributed by atoms with Gasteiger partial charge in [-0.3, -0.25) is 0 Å². The Hall–Kier alpha value is -2.79. The second-order valence-corrected chi connectivity index (χ2v) is 7.15. The molecule has 124 valence electrons. The molecule has 4 aromatic rings. The van der Waals surface area contributed by atoms with Gasteiger partial charge in [0, 0.05) is 19.8 Å². The van der Waals surface area contributed by atoms with Crippen molar-refractivity contribution in [1.82, 2.24) is 15.0 Å². The fraction of sp³-hybridized carbons (Fsp3) is 0.150. The van der Waals surface area contributed by atoms with Crippen LogP contribution in [0.3, 0.4) is 0 Å². The lowest BCUT2D eigenvalue weighted by atomic mass is 10.1. The molecule has 0 N–H and O–H groups in total. The third-order valence-corrected chi connectivity index (χ3v) is 5.13. The Bertz CT molecular complexity index is 1030. The van der Waals surface area contributed by atoms with E-state index in [0.717, 1.165) is 37.7 Å². The topological polar surface area (TPSA) is 41.9 Å². The minimum atomic E-state index is 0.717. The van der Waals surface area contributed by atoms with E-state index in [1.165, 1.54) is 5.69 Å². The van der Waals surface area contributed by atoms with Crippen LogP contribution in [-0.4, -0.2) is 29.0 Å². The van der Waals surface area contributed by atoms with Crippen molar-refractivity contribution >= 4 is 50.2 Å². The smallest absolute Gasteiger partial charge is 0.190 e. The van der Waals surface area contributed by atoms with E-state index in [1.54, 1.807) is 11.3 Å². The van der Waals surface area contributed by atoms with E-state index in [0.29, 0.717) is 0 Å². The number of hydrogen-bond donors (Lipinski definition) is 0. The van der Waals surface area contributed by atoms with Gasteiger partial charge in [-0.2, -0.15) is 0 Å². The Labute approximate surface area is 150 Å². The van der Waals surface area contributed by atoms with Crippen LogP contribution in [0.1, 0.15) is 17.5 Å². The molecule has 0 spiro atoms. The zero-order valence-corrected chi connectivity index (χ0v) is 15.2. The Balaban J connectivity index is 1.71. The van der Waals surface area contributed by atoms with Gasteiger partial charge in [-0.05, 0) is 48.4 Å². The normalized spacial score (nSPS) is 12.0. The van der Waals surface area contributed by atoms with Crippen molar-refractivity contribution in [1.29, 1.82) is 0 Å². The summed E-state index contributed by atoms with van der Waals surface area (Å²) < 4.78 is 0. The molecule has 25 heavy (non-hydrogen) atoms. The summed E-state index contributed by atoms with van der Waals surface area (Å²) >= 11 is 1.59. The van der Waals surface area contributed by atoms with Gasteiger partial charge < -0.3 is 4.90 Å². The van der Waals surface area contributed by atoms with E-state index in [4.69, 9.17) is 0 Å². The number of para-hydroxylation sites is 2. The van der Waals surface area contributed by atoms with Gasteiger partial charge in [0.2, 0.25) is 0 Å². The summed E-state index contributed by atoms with van der Waals surface area (Å²) in [5.74, 6) is 0. The van der Waals surface area contributed by atoms with Gasteiger partial charge in [-0.15, -0.1) is 0 Å². The molecule has 0 atom stereocenters. The molecule has 2 aromatic heterocycles. The van der Waals surface area contributed by atoms with Crippen LogP contribution in [0, 0.1) is 0 Å². The second kappa shape index (κ2) is 6.26. The van der Waals surface area contributed by atoms with Gasteiger partial charge in [0.05, 0.1) is 11.0 Å². The van der Waals surface area contributed by atoms with Crippen LogP contribution < -0.4 is 4.90 Å². The maximum absolute atomic E-state index is 4.68. The Morgan fingerprint density at radius 3 is 2.28 bits per heavy atom. The number of hydrogen-bond acceptors (Lipinski definition) is 5. The minimum Gasteiger partial charge on any atom is -0.378 e. The van der Waals surface area contributed by atoms with Gasteiger partial charge in [-0.25, -0.2) is 15.0 Å². The fourth-order valence-corrected chi connectivity index (χ4v) is 3.54. The lowest BCUT2D eigenvalue weighted by Crippen LogP contribution is -2.07. The summed E-state index contributed by atoms with van der Waals surface area (Å²) in [5.41, 5.74) is 5.98. The molecule has 0 saturated heterocycles. The quantitative estimate of drug-likeness (QED) is 0.531. The number of aromatic nitrogens is 3. The van der Waals surface area contributed by atoms with E-state index < -0.39 is 0 Å². The number of anilines is 1. The van der Waals surface area contributed by atoms with E-state index >= 15 is 0 Å². The maximum Gasteiger partial charge on any atom is 0.190 e. The molecule has 4 rings (SSSR count). The summed E-state index contributed by atoms with van der Waals surface area (Å²) in [5, 5.41) is 0.960. The molecular weight excluding hydrogens is 328 g/mol. The molecule has 4 nitrogen and oxygen atoms in total. The third-order valence-electron chi connectivity index (χ3n) is 4.05. The molecule has 0 fully saturated rings. The van der Waals surface area contributed by atoms with E-state index in [-0.39, 0.29) is 0 Å². The minimum absolute atomic E-state index is 0.717. The van der Waals surface area contributed by atoms with Crippen molar-refractivity contribution in [3.8, 4) is 0 Å². The summed E-state index contributed by atoms with van der Waals surface area (Å²) in [6.07, 6.45) is 2.15. The highest BCUT2D eigenvalue weighted by Gasteiger charge is 2.09. The average Bonchev–Trinajstić information content (AvgIpc) is 3.03. The van der Waals surface area contributed by atoms with Crippen LogP contribution in [0.5, 0.6) is 0 Å². The molecule has 0 amide bonds. The molecule has 0 aliphatic heterocycles. The zero-order valence-electron chi connectivity index (χ0n) is 14.4. The van der Waals surface area contributed by atoms with Crippen molar-refractivity contribution in [2.24, 2.45) is 0 Å². The standard InChI is InChI=1S/C20H18N4S/c1-13(12-14-8-10-15(11-9-14)24(2)3)19-23-18-20(25-19)22-17-7-5-4-6-16(17)21-18/h4-12H,1-3H3/b13-12+. The van der Waals surface area contributed by atoms with Gasteiger partial charge in [0.15, 0.2) is 10.5 Å². The molecular formula is C20H18N4S. The van der Waals surface area contributed by atoms with Crippen LogP contribution in [0.25, 0.3) is 33.2 Å². The van der Waals surface area contributed by atoms with Crippen LogP contribution in [0.2, 0.25) is 0 Å². The van der Waals surface area contributed by atoms with Crippen LogP contribution >= 0.6 is 11.3 Å². The lowest BCUT2D eigenvalue weighted by molar-refractivity contribution is 1.13. The monoisotopic (exact) mass is 346 g/mol. The van der Waals surface area contributed by atoms with Crippen LogP contribution in [0.15, 0.2) is 48.5 Å². The molecule has 0 bridgehead atoms. The first-order valence-electron chi connectivity index (χ1n) is 8.09. The largest absolute Gasteiger partial charge is 0.378 e. The Morgan fingerprint density at radius 2 is 1.60 bits per heavy atom. The number of allylic oxidation sites excluding steroid dienone is 1. The molecule has 0 aliphatic carbocycles. The molecule has 0 radical (unpaired) electrons. The van der Waals surface area contributed by atoms with E-state index in [9.17, 15) is 0 Å². The van der Waals surface area contributed by atoms with Crippen LogP contribution in [-0.2, 0) is 0 Å². The first-order valence-corrected chi connectivity index (χ1v) is 8.91. The number of thiazole rings is 1. The SMILES string of the molecule is C/C(=C\c1ccc(N(C)C)cc1)c1nc2nc3ccccc3nc2s1. The Morgan fingerprint density at radius 1 is 0.920 bits per heavy atom. The summed E-state index contributed by atoms with van der Waals surface area (Å²) in [4.78, 5) is 16.9. The van der Waals surface area contributed by atoms with Gasteiger partial charge in [0.25, 0.3) is 0 Å². The summed E-state index contributed by atoms with van der Waals surface area (Å²) in [6.45, 7) is 2.08. The number of benzene rings is 2. The number of nitrogens with zero attached hydrogens (tertiary/aromatic N) is 4. The van der Waals surface area contributed by atoms with Crippen molar-refractivity contribution < 1.29 is 0 Å². The molecule has 0 saturated carbocycles. The van der Waals surface area contributed by atoms with Crippen molar-refractivity contribution in [3.05, 3.63) is 59.1 Å².